The van der Waals surface area contributed by atoms with Gasteiger partial charge in [-0.1, -0.05) is 54.1 Å². The standard InChI is InChI=1S/C17H11ClN2O2/c18-13-8-4-7-12(9-13)15-14(17(21)22)10-19-16(20-15)11-5-2-1-3-6-11/h1-10H,(H,21,22). The van der Waals surface area contributed by atoms with Crippen molar-refractivity contribution in [3.05, 3.63) is 71.4 Å². The van der Waals surface area contributed by atoms with E-state index < -0.39 is 5.97 Å². The van der Waals surface area contributed by atoms with E-state index in [1.807, 2.05) is 30.3 Å². The Morgan fingerprint density at radius 1 is 1.00 bits per heavy atom. The van der Waals surface area contributed by atoms with Gasteiger partial charge in [0.15, 0.2) is 5.82 Å². The van der Waals surface area contributed by atoms with Gasteiger partial charge in [0.1, 0.15) is 5.56 Å². The molecule has 0 atom stereocenters. The molecule has 3 aromatic rings. The SMILES string of the molecule is O=C(O)c1cnc(-c2ccccc2)nc1-c1cccc(Cl)c1. The first kappa shape index (κ1) is 14.2. The number of aromatic carboxylic acids is 1. The van der Waals surface area contributed by atoms with E-state index in [0.29, 0.717) is 22.1 Å². The topological polar surface area (TPSA) is 63.1 Å². The zero-order valence-corrected chi connectivity index (χ0v) is 12.2. The van der Waals surface area contributed by atoms with Crippen LogP contribution in [0.2, 0.25) is 5.02 Å². The fourth-order valence-electron chi connectivity index (χ4n) is 2.12. The fourth-order valence-corrected chi connectivity index (χ4v) is 2.31. The maximum Gasteiger partial charge on any atom is 0.339 e. The third kappa shape index (κ3) is 2.82. The summed E-state index contributed by atoms with van der Waals surface area (Å²) in [6.45, 7) is 0. The average molecular weight is 311 g/mol. The molecule has 0 aliphatic heterocycles. The van der Waals surface area contributed by atoms with Crippen LogP contribution in [0.25, 0.3) is 22.6 Å². The maximum absolute atomic E-state index is 11.4. The highest BCUT2D eigenvalue weighted by atomic mass is 35.5. The minimum absolute atomic E-state index is 0.0435. The number of benzene rings is 2. The summed E-state index contributed by atoms with van der Waals surface area (Å²) in [6.07, 6.45) is 1.33. The Labute approximate surface area is 132 Å². The second-order valence-electron chi connectivity index (χ2n) is 4.64. The van der Waals surface area contributed by atoms with Crippen molar-refractivity contribution in [1.82, 2.24) is 9.97 Å². The molecule has 0 spiro atoms. The molecule has 4 nitrogen and oxygen atoms in total. The van der Waals surface area contributed by atoms with Crippen LogP contribution in [-0.4, -0.2) is 21.0 Å². The third-order valence-electron chi connectivity index (χ3n) is 3.15. The molecule has 0 unspecified atom stereocenters. The van der Waals surface area contributed by atoms with Crippen molar-refractivity contribution in [2.45, 2.75) is 0 Å². The number of rotatable bonds is 3. The first-order chi connectivity index (χ1) is 10.6. The van der Waals surface area contributed by atoms with E-state index in [4.69, 9.17) is 11.6 Å². The molecule has 1 aromatic heterocycles. The first-order valence-corrected chi connectivity index (χ1v) is 6.94. The van der Waals surface area contributed by atoms with Gasteiger partial charge in [-0.3, -0.25) is 0 Å². The maximum atomic E-state index is 11.4. The lowest BCUT2D eigenvalue weighted by molar-refractivity contribution is 0.0697. The number of carboxylic acid groups (broad SMARTS) is 1. The smallest absolute Gasteiger partial charge is 0.339 e. The number of carboxylic acids is 1. The van der Waals surface area contributed by atoms with E-state index in [-0.39, 0.29) is 5.56 Å². The van der Waals surface area contributed by atoms with Gasteiger partial charge < -0.3 is 5.11 Å². The van der Waals surface area contributed by atoms with Crippen molar-refractivity contribution in [2.75, 3.05) is 0 Å². The molecule has 3 rings (SSSR count). The number of hydrogen-bond donors (Lipinski definition) is 1. The van der Waals surface area contributed by atoms with Gasteiger partial charge >= 0.3 is 5.97 Å². The highest BCUT2D eigenvalue weighted by Crippen LogP contribution is 2.26. The third-order valence-corrected chi connectivity index (χ3v) is 3.38. The van der Waals surface area contributed by atoms with Crippen molar-refractivity contribution < 1.29 is 9.90 Å². The van der Waals surface area contributed by atoms with Crippen LogP contribution in [0, 0.1) is 0 Å². The summed E-state index contributed by atoms with van der Waals surface area (Å²) in [4.78, 5) is 20.0. The lowest BCUT2D eigenvalue weighted by Crippen LogP contribution is -2.04. The van der Waals surface area contributed by atoms with Gasteiger partial charge in [-0.15, -0.1) is 0 Å². The molecule has 22 heavy (non-hydrogen) atoms. The second-order valence-corrected chi connectivity index (χ2v) is 5.07. The monoisotopic (exact) mass is 310 g/mol. The van der Waals surface area contributed by atoms with Crippen molar-refractivity contribution in [3.63, 3.8) is 0 Å². The molecular weight excluding hydrogens is 300 g/mol. The fraction of sp³-hybridized carbons (Fsp3) is 0. The van der Waals surface area contributed by atoms with Crippen LogP contribution in [0.4, 0.5) is 0 Å². The molecule has 0 amide bonds. The summed E-state index contributed by atoms with van der Waals surface area (Å²) in [5.74, 6) is -0.602. The van der Waals surface area contributed by atoms with E-state index in [1.165, 1.54) is 6.20 Å². The van der Waals surface area contributed by atoms with Crippen LogP contribution < -0.4 is 0 Å². The Bertz CT molecular complexity index is 835. The average Bonchev–Trinajstić information content (AvgIpc) is 2.55. The van der Waals surface area contributed by atoms with Gasteiger partial charge in [-0.05, 0) is 12.1 Å². The Morgan fingerprint density at radius 3 is 2.41 bits per heavy atom. The molecule has 0 aliphatic rings. The van der Waals surface area contributed by atoms with Crippen LogP contribution >= 0.6 is 11.6 Å². The van der Waals surface area contributed by atoms with Gasteiger partial charge in [0.25, 0.3) is 0 Å². The summed E-state index contributed by atoms with van der Waals surface area (Å²) < 4.78 is 0. The summed E-state index contributed by atoms with van der Waals surface area (Å²) >= 11 is 5.99. The summed E-state index contributed by atoms with van der Waals surface area (Å²) in [5, 5.41) is 9.87. The molecule has 0 aliphatic carbocycles. The highest BCUT2D eigenvalue weighted by Gasteiger charge is 2.16. The number of hydrogen-bond acceptors (Lipinski definition) is 3. The molecule has 1 heterocycles. The van der Waals surface area contributed by atoms with Crippen molar-refractivity contribution in [3.8, 4) is 22.6 Å². The highest BCUT2D eigenvalue weighted by molar-refractivity contribution is 6.30. The summed E-state index contributed by atoms with van der Waals surface area (Å²) in [7, 11) is 0. The van der Waals surface area contributed by atoms with Crippen molar-refractivity contribution >= 4 is 17.6 Å². The minimum Gasteiger partial charge on any atom is -0.478 e. The van der Waals surface area contributed by atoms with Crippen LogP contribution in [0.3, 0.4) is 0 Å². The molecule has 1 N–H and O–H groups in total. The van der Waals surface area contributed by atoms with Crippen LogP contribution in [0.1, 0.15) is 10.4 Å². The normalized spacial score (nSPS) is 10.4. The van der Waals surface area contributed by atoms with Gasteiger partial charge in [0, 0.05) is 22.3 Å². The zero-order chi connectivity index (χ0) is 15.5. The Kier molecular flexibility index (Phi) is 3.85. The minimum atomic E-state index is -1.07. The number of aromatic nitrogens is 2. The molecule has 2 aromatic carbocycles. The summed E-state index contributed by atoms with van der Waals surface area (Å²) in [5.41, 5.74) is 1.86. The first-order valence-electron chi connectivity index (χ1n) is 6.57. The second kappa shape index (κ2) is 5.95. The van der Waals surface area contributed by atoms with E-state index in [0.717, 1.165) is 5.56 Å². The molecule has 108 valence electrons. The Balaban J connectivity index is 2.19. The van der Waals surface area contributed by atoms with E-state index in [1.54, 1.807) is 24.3 Å². The Morgan fingerprint density at radius 2 is 1.73 bits per heavy atom. The van der Waals surface area contributed by atoms with Crippen LogP contribution in [0.5, 0.6) is 0 Å². The zero-order valence-electron chi connectivity index (χ0n) is 11.4. The number of nitrogens with zero attached hydrogens (tertiary/aromatic N) is 2. The van der Waals surface area contributed by atoms with Gasteiger partial charge in [0.05, 0.1) is 5.69 Å². The molecule has 0 saturated heterocycles. The molecule has 0 bridgehead atoms. The van der Waals surface area contributed by atoms with Gasteiger partial charge in [-0.2, -0.15) is 0 Å². The van der Waals surface area contributed by atoms with Crippen molar-refractivity contribution in [1.29, 1.82) is 0 Å². The molecule has 5 heteroatoms. The lowest BCUT2D eigenvalue weighted by Gasteiger charge is -2.08. The van der Waals surface area contributed by atoms with Crippen molar-refractivity contribution in [2.24, 2.45) is 0 Å². The van der Waals surface area contributed by atoms with Gasteiger partial charge in [0.2, 0.25) is 0 Å². The quantitative estimate of drug-likeness (QED) is 0.789. The molecule has 0 saturated carbocycles. The molecular formula is C17H11ClN2O2. The van der Waals surface area contributed by atoms with Crippen LogP contribution in [-0.2, 0) is 0 Å². The number of carbonyl (C=O) groups is 1. The lowest BCUT2D eigenvalue weighted by atomic mass is 10.1. The molecule has 0 radical (unpaired) electrons. The summed E-state index contributed by atoms with van der Waals surface area (Å²) in [6, 6.07) is 16.3. The predicted octanol–water partition coefficient (Wildman–Crippen LogP) is 4.16. The number of halogens is 1. The van der Waals surface area contributed by atoms with E-state index in [2.05, 4.69) is 9.97 Å². The van der Waals surface area contributed by atoms with Crippen LogP contribution in [0.15, 0.2) is 60.8 Å². The molecule has 0 fully saturated rings. The predicted molar refractivity (Wildman–Crippen MR) is 84.9 cm³/mol. The van der Waals surface area contributed by atoms with Gasteiger partial charge in [-0.25, -0.2) is 14.8 Å². The van der Waals surface area contributed by atoms with E-state index in [9.17, 15) is 9.90 Å². The Hall–Kier alpha value is -2.72. The largest absolute Gasteiger partial charge is 0.478 e. The van der Waals surface area contributed by atoms with E-state index >= 15 is 0 Å².